The molecule has 3 rings (SSSR count). The van der Waals surface area contributed by atoms with Crippen LogP contribution in [0, 0.1) is 22.7 Å². The van der Waals surface area contributed by atoms with Crippen molar-refractivity contribution in [3.8, 4) is 0 Å². The highest BCUT2D eigenvalue weighted by Crippen LogP contribution is 2.64. The Morgan fingerprint density at radius 1 is 1.29 bits per heavy atom. The highest BCUT2D eigenvalue weighted by atomic mass is 16.3. The van der Waals surface area contributed by atoms with E-state index in [2.05, 4.69) is 20.8 Å². The van der Waals surface area contributed by atoms with E-state index in [0.717, 1.165) is 19.3 Å². The predicted octanol–water partition coefficient (Wildman–Crippen LogP) is 3.82. The number of carbonyl (C=O) groups excluding carboxylic acids is 1. The molecule has 24 heavy (non-hydrogen) atoms. The molecule has 6 atom stereocenters. The highest BCUT2D eigenvalue weighted by molar-refractivity contribution is 5.96. The fraction of sp³-hybridized carbons (Fsp3) is 0.750. The Morgan fingerprint density at radius 3 is 2.62 bits per heavy atom. The van der Waals surface area contributed by atoms with Crippen molar-refractivity contribution >= 4 is 5.78 Å². The van der Waals surface area contributed by atoms with Gasteiger partial charge in [0.15, 0.2) is 5.78 Å². The van der Waals surface area contributed by atoms with Crippen LogP contribution in [0.15, 0.2) is 23.0 Å². The number of aliphatic hydroxyl groups is 2. The number of furan rings is 1. The van der Waals surface area contributed by atoms with Gasteiger partial charge in [-0.25, -0.2) is 0 Å². The first kappa shape index (κ1) is 17.7. The molecule has 0 aromatic carbocycles. The Hall–Kier alpha value is -1.13. The fourth-order valence-electron chi connectivity index (χ4n) is 5.50. The molecule has 0 amide bonds. The molecule has 2 N–H and O–H groups in total. The number of hydrogen-bond acceptors (Lipinski definition) is 4. The fourth-order valence-corrected chi connectivity index (χ4v) is 5.50. The van der Waals surface area contributed by atoms with Crippen molar-refractivity contribution in [3.63, 3.8) is 0 Å². The zero-order valence-corrected chi connectivity index (χ0v) is 15.2. The molecule has 4 heteroatoms. The summed E-state index contributed by atoms with van der Waals surface area (Å²) >= 11 is 0. The summed E-state index contributed by atoms with van der Waals surface area (Å²) in [5.41, 5.74) is -1.05. The largest absolute Gasteiger partial charge is 0.472 e. The van der Waals surface area contributed by atoms with Crippen LogP contribution in [0.4, 0.5) is 0 Å². The summed E-state index contributed by atoms with van der Waals surface area (Å²) in [6.45, 7) is 8.30. The van der Waals surface area contributed by atoms with Gasteiger partial charge in [0.1, 0.15) is 6.26 Å². The number of fused-ring (bicyclic) bond motifs is 1. The minimum atomic E-state index is -1.12. The Kier molecular flexibility index (Phi) is 4.20. The molecule has 2 aliphatic carbocycles. The molecule has 134 valence electrons. The molecule has 1 heterocycles. The van der Waals surface area contributed by atoms with Gasteiger partial charge in [-0.3, -0.25) is 4.79 Å². The first-order valence-electron chi connectivity index (χ1n) is 9.09. The molecular formula is C20H30O4. The van der Waals surface area contributed by atoms with Crippen LogP contribution in [0.2, 0.25) is 0 Å². The molecule has 0 bridgehead atoms. The van der Waals surface area contributed by atoms with Crippen molar-refractivity contribution in [2.24, 2.45) is 22.7 Å². The molecule has 0 aliphatic heterocycles. The first-order chi connectivity index (χ1) is 11.1. The minimum absolute atomic E-state index is 0.105. The van der Waals surface area contributed by atoms with Gasteiger partial charge in [-0.05, 0) is 55.9 Å². The Morgan fingerprint density at radius 2 is 2.00 bits per heavy atom. The summed E-state index contributed by atoms with van der Waals surface area (Å²) in [4.78, 5) is 12.8. The van der Waals surface area contributed by atoms with Crippen LogP contribution in [0.25, 0.3) is 0 Å². The van der Waals surface area contributed by atoms with E-state index >= 15 is 0 Å². The van der Waals surface area contributed by atoms with E-state index in [4.69, 9.17) is 4.42 Å². The van der Waals surface area contributed by atoms with E-state index in [0.29, 0.717) is 24.3 Å². The molecule has 4 nitrogen and oxygen atoms in total. The average molecular weight is 334 g/mol. The summed E-state index contributed by atoms with van der Waals surface area (Å²) < 4.78 is 5.06. The number of hydrogen-bond donors (Lipinski definition) is 2. The van der Waals surface area contributed by atoms with Crippen molar-refractivity contribution in [1.29, 1.82) is 0 Å². The number of carbonyl (C=O) groups is 1. The van der Waals surface area contributed by atoms with Crippen LogP contribution in [-0.4, -0.2) is 27.7 Å². The summed E-state index contributed by atoms with van der Waals surface area (Å²) in [5, 5.41) is 21.5. The van der Waals surface area contributed by atoms with E-state index < -0.39 is 11.7 Å². The summed E-state index contributed by atoms with van der Waals surface area (Å²) in [7, 11) is 0. The topological polar surface area (TPSA) is 70.7 Å². The lowest BCUT2D eigenvalue weighted by molar-refractivity contribution is -0.233. The number of aliphatic hydroxyl groups excluding tert-OH is 1. The van der Waals surface area contributed by atoms with Crippen LogP contribution in [-0.2, 0) is 0 Å². The number of rotatable bonds is 3. The smallest absolute Gasteiger partial charge is 0.166 e. The van der Waals surface area contributed by atoms with Gasteiger partial charge in [0.25, 0.3) is 0 Å². The van der Waals surface area contributed by atoms with Crippen molar-refractivity contribution < 1.29 is 19.4 Å². The maximum absolute atomic E-state index is 12.8. The van der Waals surface area contributed by atoms with Gasteiger partial charge < -0.3 is 14.6 Å². The highest BCUT2D eigenvalue weighted by Gasteiger charge is 2.63. The van der Waals surface area contributed by atoms with E-state index in [1.807, 2.05) is 0 Å². The first-order valence-corrected chi connectivity index (χ1v) is 9.09. The van der Waals surface area contributed by atoms with Crippen LogP contribution in [0.1, 0.15) is 70.2 Å². The van der Waals surface area contributed by atoms with E-state index in [9.17, 15) is 15.0 Å². The van der Waals surface area contributed by atoms with E-state index in [1.165, 1.54) is 12.5 Å². The molecule has 0 radical (unpaired) electrons. The second-order valence-corrected chi connectivity index (χ2v) is 8.77. The molecule has 2 fully saturated rings. The van der Waals surface area contributed by atoms with Crippen LogP contribution in [0.5, 0.6) is 0 Å². The Bertz CT molecular complexity index is 605. The van der Waals surface area contributed by atoms with E-state index in [-0.39, 0.29) is 22.5 Å². The summed E-state index contributed by atoms with van der Waals surface area (Å²) in [6.07, 6.45) is 6.11. The van der Waals surface area contributed by atoms with Gasteiger partial charge in [-0.1, -0.05) is 20.8 Å². The third-order valence-electron chi connectivity index (χ3n) is 7.71. The SMILES string of the molecule is C[C@@H]1CC[C@]2(C)[C@@H](CC[C@@H](O)[C@]2(C)O)[C@@]1(C)CC(=O)c1ccoc1. The van der Waals surface area contributed by atoms with Crippen molar-refractivity contribution in [3.05, 3.63) is 24.2 Å². The molecule has 1 aromatic rings. The van der Waals surface area contributed by atoms with Crippen LogP contribution < -0.4 is 0 Å². The lowest BCUT2D eigenvalue weighted by Crippen LogP contribution is -2.65. The van der Waals surface area contributed by atoms with Gasteiger partial charge in [-0.2, -0.15) is 0 Å². The summed E-state index contributed by atoms with van der Waals surface area (Å²) in [6, 6.07) is 1.72. The van der Waals surface area contributed by atoms with Crippen LogP contribution >= 0.6 is 0 Å². The molecule has 0 saturated heterocycles. The number of Topliss-reactive ketones (excluding diaryl/α,β-unsaturated/α-hetero) is 1. The molecule has 0 unspecified atom stereocenters. The van der Waals surface area contributed by atoms with Gasteiger partial charge in [0, 0.05) is 11.8 Å². The Balaban J connectivity index is 1.95. The molecule has 2 aliphatic rings. The quantitative estimate of drug-likeness (QED) is 0.825. The zero-order chi connectivity index (χ0) is 17.8. The average Bonchev–Trinajstić information content (AvgIpc) is 3.04. The van der Waals surface area contributed by atoms with Crippen molar-refractivity contribution in [2.45, 2.75) is 71.5 Å². The third kappa shape index (κ3) is 2.38. The van der Waals surface area contributed by atoms with Crippen LogP contribution in [0.3, 0.4) is 0 Å². The van der Waals surface area contributed by atoms with Gasteiger partial charge in [0.05, 0.1) is 23.5 Å². The zero-order valence-electron chi connectivity index (χ0n) is 15.2. The number of ketones is 1. The molecule has 2 saturated carbocycles. The lowest BCUT2D eigenvalue weighted by atomic mass is 9.43. The van der Waals surface area contributed by atoms with Crippen molar-refractivity contribution in [1.82, 2.24) is 0 Å². The molecular weight excluding hydrogens is 304 g/mol. The Labute approximate surface area is 144 Å². The van der Waals surface area contributed by atoms with Gasteiger partial charge in [0.2, 0.25) is 0 Å². The maximum atomic E-state index is 12.8. The second-order valence-electron chi connectivity index (χ2n) is 8.77. The lowest BCUT2D eigenvalue weighted by Gasteiger charge is -2.63. The molecule has 1 aromatic heterocycles. The molecule has 0 spiro atoms. The maximum Gasteiger partial charge on any atom is 0.166 e. The normalized spacial score (nSPS) is 45.7. The summed E-state index contributed by atoms with van der Waals surface area (Å²) in [5.74, 6) is 0.716. The van der Waals surface area contributed by atoms with E-state index in [1.54, 1.807) is 13.0 Å². The van der Waals surface area contributed by atoms with Gasteiger partial charge in [-0.15, -0.1) is 0 Å². The predicted molar refractivity (Wildman–Crippen MR) is 91.6 cm³/mol. The van der Waals surface area contributed by atoms with Gasteiger partial charge >= 0.3 is 0 Å². The standard InChI is InChI=1S/C20H30O4/c1-13-7-9-19(3)16(5-6-17(22)20(19,4)23)18(13,2)11-15(21)14-8-10-24-12-14/h8,10,12-13,16-17,22-23H,5-7,9,11H2,1-4H3/t13-,16+,17-,18+,19-,20+/m1/s1. The third-order valence-corrected chi connectivity index (χ3v) is 7.71. The second kappa shape index (κ2) is 5.70. The minimum Gasteiger partial charge on any atom is -0.472 e. The van der Waals surface area contributed by atoms with Crippen molar-refractivity contribution in [2.75, 3.05) is 0 Å². The monoisotopic (exact) mass is 334 g/mol.